The molecule has 70 valence electrons. The second-order valence-corrected chi connectivity index (χ2v) is 3.60. The van der Waals surface area contributed by atoms with Crippen molar-refractivity contribution in [2.24, 2.45) is 0 Å². The molecule has 0 aliphatic heterocycles. The minimum absolute atomic E-state index is 0. The molecule has 0 aliphatic carbocycles. The molecule has 8 nitrogen and oxygen atoms in total. The third kappa shape index (κ3) is 1910. The van der Waals surface area contributed by atoms with E-state index in [1.807, 2.05) is 0 Å². The van der Waals surface area contributed by atoms with Crippen molar-refractivity contribution in [3.63, 3.8) is 0 Å². The number of hydrogen-bond acceptors (Lipinski definition) is 8. The summed E-state index contributed by atoms with van der Waals surface area (Å²) in [6.07, 6.45) is 0. The zero-order valence-corrected chi connectivity index (χ0v) is 6.58. The van der Waals surface area contributed by atoms with Gasteiger partial charge in [0.05, 0.1) is 0 Å². The highest BCUT2D eigenvalue weighted by atomic mass is 28.4. The standard InChI is InChI=1S/Al.2H4O4Si.3H/c;2*1-5(2,3)4;;;/h;2*1-4H;;;. The lowest BCUT2D eigenvalue weighted by atomic mass is 15.7. The maximum atomic E-state index is 7.33. The van der Waals surface area contributed by atoms with Gasteiger partial charge in [-0.25, -0.2) is 0 Å². The van der Waals surface area contributed by atoms with Gasteiger partial charge in [0, 0.05) is 0 Å². The predicted octanol–water partition coefficient (Wildman–Crippen LogP) is -6.40. The largest absolute Gasteiger partial charge is 0.668 e. The van der Waals surface area contributed by atoms with E-state index in [9.17, 15) is 0 Å². The molecule has 0 unspecified atom stereocenters. The summed E-state index contributed by atoms with van der Waals surface area (Å²) >= 11 is 0. The van der Waals surface area contributed by atoms with Crippen LogP contribution in [0.25, 0.3) is 0 Å². The van der Waals surface area contributed by atoms with Gasteiger partial charge in [-0.2, -0.15) is 0 Å². The molecule has 0 rings (SSSR count). The van der Waals surface area contributed by atoms with Gasteiger partial charge in [-0.15, -0.1) is 0 Å². The van der Waals surface area contributed by atoms with Crippen molar-refractivity contribution in [1.82, 2.24) is 0 Å². The third-order valence-electron chi connectivity index (χ3n) is 0. The van der Waals surface area contributed by atoms with Crippen LogP contribution in [0.1, 0.15) is 0 Å². The lowest BCUT2D eigenvalue weighted by Gasteiger charge is -1.91. The molecule has 0 fully saturated rings. The molecule has 0 radical (unpaired) electrons. The van der Waals surface area contributed by atoms with E-state index in [1.54, 1.807) is 0 Å². The van der Waals surface area contributed by atoms with Gasteiger partial charge in [0.15, 0.2) is 17.4 Å². The van der Waals surface area contributed by atoms with Crippen LogP contribution in [-0.2, 0) is 0 Å². The molecule has 0 aromatic heterocycles. The van der Waals surface area contributed by atoms with Gasteiger partial charge in [-0.3, -0.25) is 0 Å². The smallest absolute Gasteiger partial charge is 0.368 e. The highest BCUT2D eigenvalue weighted by molar-refractivity contribution is 6.47. The molecule has 0 aromatic rings. The van der Waals surface area contributed by atoms with Crippen LogP contribution in [0.3, 0.4) is 0 Å². The maximum absolute atomic E-state index is 7.33. The molecule has 8 N–H and O–H groups in total. The lowest BCUT2D eigenvalue weighted by molar-refractivity contribution is 0.115. The molecule has 0 bridgehead atoms. The molecule has 0 saturated carbocycles. The molecule has 0 spiro atoms. The van der Waals surface area contributed by atoms with Crippen LogP contribution in [0.4, 0.5) is 0 Å². The monoisotopic (exact) mass is 222 g/mol. The molecular weight excluding hydrogens is 211 g/mol. The second-order valence-electron chi connectivity index (χ2n) is 1.20. The summed E-state index contributed by atoms with van der Waals surface area (Å²) in [5, 5.41) is 0. The fraction of sp³-hybridized carbons (Fsp3) is 0. The minimum atomic E-state index is -4.61. The van der Waals surface area contributed by atoms with Crippen molar-refractivity contribution in [2.75, 3.05) is 0 Å². The molecule has 0 saturated heterocycles. The van der Waals surface area contributed by atoms with E-state index < -0.39 is 18.1 Å². The Hall–Kier alpha value is 0.646. The van der Waals surface area contributed by atoms with Gasteiger partial charge in [0.2, 0.25) is 0 Å². The lowest BCUT2D eigenvalue weighted by Crippen LogP contribution is -2.33. The first kappa shape index (κ1) is 17.7. The molecule has 0 atom stereocenters. The number of rotatable bonds is 0. The SMILES string of the molecule is O[Si](O)(O)O.O[Si](O)(O)O.[AlH3]. The van der Waals surface area contributed by atoms with Crippen LogP contribution in [0.2, 0.25) is 0 Å². The van der Waals surface area contributed by atoms with E-state index in [4.69, 9.17) is 38.4 Å². The second kappa shape index (κ2) is 6.19. The zero-order valence-electron chi connectivity index (χ0n) is 4.58. The molecule has 0 aromatic carbocycles. The summed E-state index contributed by atoms with van der Waals surface area (Å²) in [6, 6.07) is 0. The number of hydrogen-bond donors (Lipinski definition) is 8. The van der Waals surface area contributed by atoms with Crippen molar-refractivity contribution in [2.45, 2.75) is 0 Å². The summed E-state index contributed by atoms with van der Waals surface area (Å²) in [7, 11) is -9.22. The first-order chi connectivity index (χ1) is 4.00. The quantitative estimate of drug-likeness (QED) is 0.188. The van der Waals surface area contributed by atoms with Gasteiger partial charge in [0.25, 0.3) is 0 Å². The molecule has 0 amide bonds. The Bertz CT molecular complexity index is 55.1. The van der Waals surface area contributed by atoms with Crippen molar-refractivity contribution < 1.29 is 38.4 Å². The fourth-order valence-corrected chi connectivity index (χ4v) is 0. The Morgan fingerprint density at radius 1 is 0.455 bits per heavy atom. The van der Waals surface area contributed by atoms with E-state index in [0.29, 0.717) is 0 Å². The van der Waals surface area contributed by atoms with Crippen LogP contribution < -0.4 is 0 Å². The first-order valence-electron chi connectivity index (χ1n) is 1.79. The van der Waals surface area contributed by atoms with Crippen molar-refractivity contribution in [3.8, 4) is 0 Å². The van der Waals surface area contributed by atoms with Crippen LogP contribution in [0.5, 0.6) is 0 Å². The van der Waals surface area contributed by atoms with Gasteiger partial charge in [-0.05, 0) is 0 Å². The summed E-state index contributed by atoms with van der Waals surface area (Å²) in [5.41, 5.74) is 0. The maximum Gasteiger partial charge on any atom is 0.668 e. The van der Waals surface area contributed by atoms with Gasteiger partial charge >= 0.3 is 18.1 Å². The normalized spacial score (nSPS) is 10.9. The Kier molecular flexibility index (Phi) is 9.94. The average molecular weight is 222 g/mol. The van der Waals surface area contributed by atoms with Crippen LogP contribution >= 0.6 is 0 Å². The van der Waals surface area contributed by atoms with Crippen LogP contribution in [0.15, 0.2) is 0 Å². The van der Waals surface area contributed by atoms with Crippen LogP contribution in [-0.4, -0.2) is 73.8 Å². The highest BCUT2D eigenvalue weighted by Gasteiger charge is 2.22. The minimum Gasteiger partial charge on any atom is -0.368 e. The topological polar surface area (TPSA) is 162 Å². The molecule has 0 heterocycles. The third-order valence-corrected chi connectivity index (χ3v) is 0. The summed E-state index contributed by atoms with van der Waals surface area (Å²) < 4.78 is 0. The summed E-state index contributed by atoms with van der Waals surface area (Å²) in [5.74, 6) is 0. The summed E-state index contributed by atoms with van der Waals surface area (Å²) in [6.45, 7) is 0. The van der Waals surface area contributed by atoms with Gasteiger partial charge in [-0.1, -0.05) is 0 Å². The Balaban J connectivity index is -0.000000107. The van der Waals surface area contributed by atoms with Gasteiger partial charge in [0.1, 0.15) is 0 Å². The molecular formula is H11AlO8Si2. The molecule has 11 heteroatoms. The van der Waals surface area contributed by atoms with E-state index in [2.05, 4.69) is 0 Å². The van der Waals surface area contributed by atoms with Gasteiger partial charge < -0.3 is 38.4 Å². The van der Waals surface area contributed by atoms with Crippen LogP contribution in [0, 0.1) is 0 Å². The summed E-state index contributed by atoms with van der Waals surface area (Å²) in [4.78, 5) is 58.6. The zero-order chi connectivity index (χ0) is 9.00. The van der Waals surface area contributed by atoms with E-state index >= 15 is 0 Å². The Morgan fingerprint density at radius 2 is 0.455 bits per heavy atom. The van der Waals surface area contributed by atoms with Crippen molar-refractivity contribution >= 4 is 35.5 Å². The van der Waals surface area contributed by atoms with E-state index in [-0.39, 0.29) is 17.4 Å². The average Bonchev–Trinajstić information content (AvgIpc) is 1.12. The highest BCUT2D eigenvalue weighted by Crippen LogP contribution is 1.67. The fourth-order valence-electron chi connectivity index (χ4n) is 0. The van der Waals surface area contributed by atoms with E-state index in [1.165, 1.54) is 0 Å². The van der Waals surface area contributed by atoms with E-state index in [0.717, 1.165) is 0 Å². The van der Waals surface area contributed by atoms with Crippen molar-refractivity contribution in [1.29, 1.82) is 0 Å². The molecule has 11 heavy (non-hydrogen) atoms. The Morgan fingerprint density at radius 3 is 0.455 bits per heavy atom. The molecule has 0 aliphatic rings. The Labute approximate surface area is 74.4 Å². The van der Waals surface area contributed by atoms with Crippen molar-refractivity contribution in [3.05, 3.63) is 0 Å². The first-order valence-corrected chi connectivity index (χ1v) is 5.37. The predicted molar refractivity (Wildman–Crippen MR) is 39.2 cm³/mol.